The van der Waals surface area contributed by atoms with Crippen molar-refractivity contribution in [1.29, 1.82) is 5.26 Å². The summed E-state index contributed by atoms with van der Waals surface area (Å²) < 4.78 is 30.2. The van der Waals surface area contributed by atoms with E-state index in [0.29, 0.717) is 0 Å². The Morgan fingerprint density at radius 2 is 2.15 bits per heavy atom. The molecule has 4 heteroatoms. The largest absolute Gasteiger partial charge is 0.497 e. The molecule has 1 aromatic rings. The average molecular weight is 183 g/mol. The standard InChI is InChI=1S/C9H7F2NO/c1-13-8-3-6(9(11)5-12)2-7(10)4-8/h2-4,9H,1H3. The van der Waals surface area contributed by atoms with Gasteiger partial charge in [-0.25, -0.2) is 8.78 Å². The van der Waals surface area contributed by atoms with E-state index >= 15 is 0 Å². The summed E-state index contributed by atoms with van der Waals surface area (Å²) in [5.74, 6) is -0.417. The summed E-state index contributed by atoms with van der Waals surface area (Å²) in [6.45, 7) is 0. The summed E-state index contributed by atoms with van der Waals surface area (Å²) in [7, 11) is 1.35. The number of methoxy groups -OCH3 is 1. The molecule has 0 fully saturated rings. The Balaban J connectivity index is 3.10. The van der Waals surface area contributed by atoms with Crippen LogP contribution in [0.5, 0.6) is 5.75 Å². The number of ether oxygens (including phenoxy) is 1. The van der Waals surface area contributed by atoms with Gasteiger partial charge in [0.1, 0.15) is 17.6 Å². The number of hydrogen-bond donors (Lipinski definition) is 0. The zero-order valence-corrected chi connectivity index (χ0v) is 6.92. The third kappa shape index (κ3) is 2.15. The van der Waals surface area contributed by atoms with E-state index in [0.717, 1.165) is 12.1 Å². The molecule has 0 spiro atoms. The number of rotatable bonds is 2. The van der Waals surface area contributed by atoms with Crippen LogP contribution in [-0.4, -0.2) is 7.11 Å². The van der Waals surface area contributed by atoms with Gasteiger partial charge in [-0.05, 0) is 12.1 Å². The topological polar surface area (TPSA) is 33.0 Å². The maximum Gasteiger partial charge on any atom is 0.211 e. The molecule has 0 saturated heterocycles. The van der Waals surface area contributed by atoms with Crippen LogP contribution < -0.4 is 4.74 Å². The first-order valence-corrected chi connectivity index (χ1v) is 3.55. The lowest BCUT2D eigenvalue weighted by Gasteiger charge is -2.04. The Morgan fingerprint density at radius 3 is 2.69 bits per heavy atom. The maximum atomic E-state index is 12.8. The van der Waals surface area contributed by atoms with E-state index < -0.39 is 12.0 Å². The second-order valence-electron chi connectivity index (χ2n) is 2.42. The van der Waals surface area contributed by atoms with E-state index in [2.05, 4.69) is 0 Å². The molecule has 1 unspecified atom stereocenters. The van der Waals surface area contributed by atoms with E-state index in [4.69, 9.17) is 10.00 Å². The van der Waals surface area contributed by atoms with Crippen LogP contribution in [0.2, 0.25) is 0 Å². The lowest BCUT2D eigenvalue weighted by Crippen LogP contribution is -1.92. The SMILES string of the molecule is COc1cc(F)cc(C(F)C#N)c1. The first-order chi connectivity index (χ1) is 6.17. The fraction of sp³-hybridized carbons (Fsp3) is 0.222. The van der Waals surface area contributed by atoms with Crippen LogP contribution in [0.1, 0.15) is 11.7 Å². The molecule has 13 heavy (non-hydrogen) atoms. The Morgan fingerprint density at radius 1 is 1.46 bits per heavy atom. The highest BCUT2D eigenvalue weighted by molar-refractivity contribution is 5.32. The van der Waals surface area contributed by atoms with Crippen LogP contribution in [0.15, 0.2) is 18.2 Å². The van der Waals surface area contributed by atoms with E-state index in [-0.39, 0.29) is 11.3 Å². The molecule has 0 aliphatic carbocycles. The third-order valence-electron chi connectivity index (χ3n) is 1.54. The van der Waals surface area contributed by atoms with Crippen molar-refractivity contribution >= 4 is 0 Å². The molecule has 1 rings (SSSR count). The molecule has 2 nitrogen and oxygen atoms in total. The molecule has 0 saturated carbocycles. The quantitative estimate of drug-likeness (QED) is 0.705. The van der Waals surface area contributed by atoms with E-state index in [1.165, 1.54) is 19.2 Å². The molecule has 0 aliphatic heterocycles. The van der Waals surface area contributed by atoms with E-state index in [9.17, 15) is 8.78 Å². The molecule has 1 aromatic carbocycles. The Labute approximate surface area is 74.4 Å². The minimum absolute atomic E-state index is 0.0284. The number of hydrogen-bond acceptors (Lipinski definition) is 2. The number of nitriles is 1. The molecule has 68 valence electrons. The normalized spacial score (nSPS) is 11.8. The van der Waals surface area contributed by atoms with Gasteiger partial charge in [-0.2, -0.15) is 5.26 Å². The summed E-state index contributed by atoms with van der Waals surface area (Å²) in [6, 6.07) is 4.75. The monoisotopic (exact) mass is 183 g/mol. The Hall–Kier alpha value is -1.63. The highest BCUT2D eigenvalue weighted by atomic mass is 19.1. The van der Waals surface area contributed by atoms with Crippen LogP contribution in [-0.2, 0) is 0 Å². The van der Waals surface area contributed by atoms with Gasteiger partial charge < -0.3 is 4.74 Å². The molecule has 0 amide bonds. The highest BCUT2D eigenvalue weighted by Crippen LogP contribution is 2.22. The van der Waals surface area contributed by atoms with Gasteiger partial charge in [-0.15, -0.1) is 0 Å². The van der Waals surface area contributed by atoms with Crippen molar-refractivity contribution in [2.45, 2.75) is 6.17 Å². The summed E-state index contributed by atoms with van der Waals surface area (Å²) in [6.07, 6.45) is -1.82. The van der Waals surface area contributed by atoms with Gasteiger partial charge in [0.05, 0.1) is 7.11 Å². The van der Waals surface area contributed by atoms with Gasteiger partial charge in [0.2, 0.25) is 6.17 Å². The molecular formula is C9H7F2NO. The summed E-state index contributed by atoms with van der Waals surface area (Å²) >= 11 is 0. The molecule has 1 atom stereocenters. The van der Waals surface area contributed by atoms with Gasteiger partial charge in [0.25, 0.3) is 0 Å². The smallest absolute Gasteiger partial charge is 0.211 e. The molecule has 0 radical (unpaired) electrons. The van der Waals surface area contributed by atoms with Crippen LogP contribution in [0, 0.1) is 17.1 Å². The summed E-state index contributed by atoms with van der Waals surface area (Å²) in [5, 5.41) is 8.25. The first kappa shape index (κ1) is 9.46. The lowest BCUT2D eigenvalue weighted by molar-refractivity contribution is 0.399. The van der Waals surface area contributed by atoms with Crippen molar-refractivity contribution in [2.24, 2.45) is 0 Å². The second-order valence-corrected chi connectivity index (χ2v) is 2.42. The average Bonchev–Trinajstić information content (AvgIpc) is 2.15. The van der Waals surface area contributed by atoms with Crippen molar-refractivity contribution in [3.8, 4) is 11.8 Å². The first-order valence-electron chi connectivity index (χ1n) is 3.55. The zero-order chi connectivity index (χ0) is 9.84. The lowest BCUT2D eigenvalue weighted by atomic mass is 10.1. The summed E-state index contributed by atoms with van der Waals surface area (Å²) in [4.78, 5) is 0. The van der Waals surface area contributed by atoms with Gasteiger partial charge >= 0.3 is 0 Å². The van der Waals surface area contributed by atoms with Crippen molar-refractivity contribution in [2.75, 3.05) is 7.11 Å². The fourth-order valence-corrected chi connectivity index (χ4v) is 0.923. The van der Waals surface area contributed by atoms with Crippen molar-refractivity contribution in [1.82, 2.24) is 0 Å². The van der Waals surface area contributed by atoms with Gasteiger partial charge in [-0.3, -0.25) is 0 Å². The van der Waals surface area contributed by atoms with Crippen molar-refractivity contribution in [3.05, 3.63) is 29.6 Å². The van der Waals surface area contributed by atoms with Crippen LogP contribution in [0.25, 0.3) is 0 Å². The Bertz CT molecular complexity index is 346. The molecule has 0 aliphatic rings. The predicted octanol–water partition coefficient (Wildman–Crippen LogP) is 2.37. The van der Waals surface area contributed by atoms with Gasteiger partial charge in [0, 0.05) is 11.6 Å². The molecule has 0 aromatic heterocycles. The van der Waals surface area contributed by atoms with E-state index in [1.807, 2.05) is 0 Å². The van der Waals surface area contributed by atoms with Crippen molar-refractivity contribution in [3.63, 3.8) is 0 Å². The van der Waals surface area contributed by atoms with Crippen LogP contribution >= 0.6 is 0 Å². The minimum atomic E-state index is -1.82. The maximum absolute atomic E-state index is 12.8. The highest BCUT2D eigenvalue weighted by Gasteiger charge is 2.10. The van der Waals surface area contributed by atoms with Crippen LogP contribution in [0.4, 0.5) is 8.78 Å². The fourth-order valence-electron chi connectivity index (χ4n) is 0.923. The number of alkyl halides is 1. The summed E-state index contributed by atoms with van der Waals surface area (Å²) in [5.41, 5.74) is -0.0284. The van der Waals surface area contributed by atoms with E-state index in [1.54, 1.807) is 0 Å². The minimum Gasteiger partial charge on any atom is -0.497 e. The Kier molecular flexibility index (Phi) is 2.80. The number of nitrogens with zero attached hydrogens (tertiary/aromatic N) is 1. The third-order valence-corrected chi connectivity index (χ3v) is 1.54. The number of halogens is 2. The zero-order valence-electron chi connectivity index (χ0n) is 6.92. The molecule has 0 bridgehead atoms. The van der Waals surface area contributed by atoms with Crippen LogP contribution in [0.3, 0.4) is 0 Å². The van der Waals surface area contributed by atoms with Gasteiger partial charge in [0.15, 0.2) is 0 Å². The number of benzene rings is 1. The molecule has 0 heterocycles. The van der Waals surface area contributed by atoms with Crippen molar-refractivity contribution < 1.29 is 13.5 Å². The predicted molar refractivity (Wildman–Crippen MR) is 42.4 cm³/mol. The second kappa shape index (κ2) is 3.85. The molecular weight excluding hydrogens is 176 g/mol. The molecule has 0 N–H and O–H groups in total. The van der Waals surface area contributed by atoms with Gasteiger partial charge in [-0.1, -0.05) is 0 Å².